The lowest BCUT2D eigenvalue weighted by Gasteiger charge is -2.36. The summed E-state index contributed by atoms with van der Waals surface area (Å²) in [4.78, 5) is 43.9. The van der Waals surface area contributed by atoms with E-state index in [2.05, 4.69) is 0 Å². The molecule has 0 bridgehead atoms. The Morgan fingerprint density at radius 2 is 1.59 bits per heavy atom. The van der Waals surface area contributed by atoms with E-state index in [9.17, 15) is 24.6 Å². The fourth-order valence-corrected chi connectivity index (χ4v) is 6.53. The summed E-state index contributed by atoms with van der Waals surface area (Å²) in [5, 5.41) is 22.0. The number of anilines is 3. The number of nitrogens with zero attached hydrogens (tertiary/aromatic N) is 3. The number of carbonyl (C=O) groups is 3. The lowest BCUT2D eigenvalue weighted by Crippen LogP contribution is -2.46. The Balaban J connectivity index is 1.16. The molecule has 234 valence electrons. The van der Waals surface area contributed by atoms with Crippen molar-refractivity contribution in [2.75, 3.05) is 16.4 Å². The molecule has 0 saturated carbocycles. The number of hydrogen-bond acceptors (Lipinski definition) is 5. The van der Waals surface area contributed by atoms with Crippen LogP contribution in [0.3, 0.4) is 0 Å². The number of para-hydroxylation sites is 2. The third kappa shape index (κ3) is 5.73. The molecule has 3 atom stereocenters. The zero-order chi connectivity index (χ0) is 32.3. The van der Waals surface area contributed by atoms with Crippen molar-refractivity contribution in [1.29, 1.82) is 0 Å². The van der Waals surface area contributed by atoms with Crippen LogP contribution in [-0.2, 0) is 39.5 Å². The van der Waals surface area contributed by atoms with E-state index in [1.54, 1.807) is 45.9 Å². The first-order valence-electron chi connectivity index (χ1n) is 15.5. The predicted octanol–water partition coefficient (Wildman–Crippen LogP) is 5.24. The van der Waals surface area contributed by atoms with Crippen molar-refractivity contribution in [2.24, 2.45) is 5.92 Å². The molecule has 2 N–H and O–H groups in total. The minimum absolute atomic E-state index is 0.0891. The second kappa shape index (κ2) is 13.1. The zero-order valence-corrected chi connectivity index (χ0v) is 25.7. The maximum atomic E-state index is 14.0. The van der Waals surface area contributed by atoms with E-state index >= 15 is 0 Å². The number of aliphatic hydroxyl groups is 2. The molecular weight excluding hydrogens is 578 g/mol. The van der Waals surface area contributed by atoms with E-state index < -0.39 is 17.4 Å². The van der Waals surface area contributed by atoms with Crippen LogP contribution in [0.1, 0.15) is 35.6 Å². The van der Waals surface area contributed by atoms with Crippen LogP contribution in [0.5, 0.6) is 0 Å². The van der Waals surface area contributed by atoms with Gasteiger partial charge in [-0.1, -0.05) is 91.9 Å². The number of benzene rings is 4. The van der Waals surface area contributed by atoms with E-state index in [-0.39, 0.29) is 31.5 Å². The van der Waals surface area contributed by atoms with Crippen molar-refractivity contribution in [3.63, 3.8) is 0 Å². The standard InChI is InChI=1S/C38H37N3O5/c1-27(10-9-17-36(44)39-24-30-12-6-5-11-29(30)22-33(39)25-42)38(46)34-15-7-8-16-35(34)40(37(38)45)23-28-18-20-32(21-19-28)41(26-43)31-13-3-2-4-14-31/h2-16,18-21,26-27,33,42,46H,17,22-25H2,1H3/b10-9+/t27-,33+,38+/m1/s1. The summed E-state index contributed by atoms with van der Waals surface area (Å²) >= 11 is 0. The molecule has 6 rings (SSSR count). The Morgan fingerprint density at radius 3 is 2.30 bits per heavy atom. The monoisotopic (exact) mass is 615 g/mol. The molecule has 4 aromatic rings. The lowest BCUT2D eigenvalue weighted by molar-refractivity contribution is -0.139. The average molecular weight is 616 g/mol. The third-order valence-electron chi connectivity index (χ3n) is 9.13. The molecular formula is C38H37N3O5. The Kier molecular flexibility index (Phi) is 8.83. The molecule has 2 aliphatic heterocycles. The van der Waals surface area contributed by atoms with E-state index in [4.69, 9.17) is 0 Å². The number of carbonyl (C=O) groups excluding carboxylic acids is 3. The van der Waals surface area contributed by atoms with Gasteiger partial charge in [0.1, 0.15) is 0 Å². The van der Waals surface area contributed by atoms with E-state index in [1.807, 2.05) is 91.0 Å². The molecule has 0 spiro atoms. The highest BCUT2D eigenvalue weighted by Crippen LogP contribution is 2.45. The number of aliphatic hydroxyl groups excluding tert-OH is 1. The van der Waals surface area contributed by atoms with Crippen LogP contribution in [0.4, 0.5) is 17.1 Å². The second-order valence-corrected chi connectivity index (χ2v) is 11.9. The first kappa shape index (κ1) is 31.0. The zero-order valence-electron chi connectivity index (χ0n) is 25.7. The van der Waals surface area contributed by atoms with Gasteiger partial charge in [0, 0.05) is 35.8 Å². The summed E-state index contributed by atoms with van der Waals surface area (Å²) in [6.07, 6.45) is 4.90. The van der Waals surface area contributed by atoms with Gasteiger partial charge in [-0.05, 0) is 53.4 Å². The number of amides is 3. The van der Waals surface area contributed by atoms with Crippen LogP contribution in [0, 0.1) is 5.92 Å². The average Bonchev–Trinajstić information content (AvgIpc) is 3.31. The molecule has 2 heterocycles. The summed E-state index contributed by atoms with van der Waals surface area (Å²) in [7, 11) is 0. The van der Waals surface area contributed by atoms with E-state index in [0.29, 0.717) is 29.9 Å². The molecule has 8 heteroatoms. The van der Waals surface area contributed by atoms with Crippen molar-refractivity contribution in [3.8, 4) is 0 Å². The molecule has 4 aromatic carbocycles. The number of hydrogen-bond donors (Lipinski definition) is 2. The first-order valence-corrected chi connectivity index (χ1v) is 15.5. The van der Waals surface area contributed by atoms with Crippen LogP contribution in [0.15, 0.2) is 115 Å². The maximum Gasteiger partial charge on any atom is 0.264 e. The van der Waals surface area contributed by atoms with Gasteiger partial charge in [-0.25, -0.2) is 0 Å². The second-order valence-electron chi connectivity index (χ2n) is 11.9. The van der Waals surface area contributed by atoms with Gasteiger partial charge < -0.3 is 20.0 Å². The molecule has 0 saturated heterocycles. The van der Waals surface area contributed by atoms with Crippen molar-refractivity contribution < 1.29 is 24.6 Å². The summed E-state index contributed by atoms with van der Waals surface area (Å²) in [6.45, 7) is 2.33. The van der Waals surface area contributed by atoms with E-state index in [0.717, 1.165) is 28.8 Å². The van der Waals surface area contributed by atoms with Crippen molar-refractivity contribution in [1.82, 2.24) is 4.90 Å². The number of rotatable bonds is 10. The quantitative estimate of drug-likeness (QED) is 0.188. The molecule has 0 radical (unpaired) electrons. The minimum Gasteiger partial charge on any atom is -0.394 e. The summed E-state index contributed by atoms with van der Waals surface area (Å²) in [5.41, 5.74) is 3.84. The molecule has 0 aromatic heterocycles. The van der Waals surface area contributed by atoms with Gasteiger partial charge in [0.15, 0.2) is 5.60 Å². The topological polar surface area (TPSA) is 101 Å². The van der Waals surface area contributed by atoms with Crippen LogP contribution in [0.25, 0.3) is 0 Å². The molecule has 46 heavy (non-hydrogen) atoms. The normalized spacial score (nSPS) is 19.5. The molecule has 2 aliphatic rings. The highest BCUT2D eigenvalue weighted by molar-refractivity contribution is 6.07. The number of fused-ring (bicyclic) bond motifs is 2. The molecule has 0 unspecified atom stereocenters. The molecule has 3 amide bonds. The van der Waals surface area contributed by atoms with Crippen molar-refractivity contribution in [3.05, 3.63) is 138 Å². The maximum absolute atomic E-state index is 14.0. The summed E-state index contributed by atoms with van der Waals surface area (Å²) in [5.74, 6) is -1.18. The first-order chi connectivity index (χ1) is 22.3. The third-order valence-corrected chi connectivity index (χ3v) is 9.13. The van der Waals surface area contributed by atoms with Crippen LogP contribution in [0.2, 0.25) is 0 Å². The van der Waals surface area contributed by atoms with Crippen LogP contribution in [-0.4, -0.2) is 46.0 Å². The Hall–Kier alpha value is -5.05. The molecule has 8 nitrogen and oxygen atoms in total. The van der Waals surface area contributed by atoms with Gasteiger partial charge in [-0.15, -0.1) is 0 Å². The van der Waals surface area contributed by atoms with Crippen LogP contribution < -0.4 is 9.80 Å². The Bertz CT molecular complexity index is 1760. The minimum atomic E-state index is -1.81. The van der Waals surface area contributed by atoms with Gasteiger partial charge in [0.2, 0.25) is 12.3 Å². The predicted molar refractivity (Wildman–Crippen MR) is 177 cm³/mol. The Morgan fingerprint density at radius 1 is 0.935 bits per heavy atom. The largest absolute Gasteiger partial charge is 0.394 e. The fraction of sp³-hybridized carbons (Fsp3) is 0.237. The Labute approximate surface area is 268 Å². The fourth-order valence-electron chi connectivity index (χ4n) is 6.53. The molecule has 0 fully saturated rings. The van der Waals surface area contributed by atoms with Gasteiger partial charge in [0.05, 0.1) is 24.9 Å². The SMILES string of the molecule is C[C@H](/C=C/CC(=O)N1Cc2ccccc2C[C@H]1CO)[C@@]1(O)C(=O)N(Cc2ccc(N(C=O)c3ccccc3)cc2)c2ccccc21. The van der Waals surface area contributed by atoms with Crippen LogP contribution >= 0.6 is 0 Å². The van der Waals surface area contributed by atoms with Gasteiger partial charge in [-0.3, -0.25) is 19.3 Å². The van der Waals surface area contributed by atoms with Gasteiger partial charge >= 0.3 is 0 Å². The highest BCUT2D eigenvalue weighted by Gasteiger charge is 2.52. The summed E-state index contributed by atoms with van der Waals surface area (Å²) < 4.78 is 0. The van der Waals surface area contributed by atoms with Gasteiger partial charge in [0.25, 0.3) is 5.91 Å². The highest BCUT2D eigenvalue weighted by atomic mass is 16.3. The summed E-state index contributed by atoms with van der Waals surface area (Å²) in [6, 6.07) is 31.6. The van der Waals surface area contributed by atoms with Crippen molar-refractivity contribution >= 4 is 35.3 Å². The van der Waals surface area contributed by atoms with Crippen molar-refractivity contribution in [2.45, 2.75) is 44.5 Å². The van der Waals surface area contributed by atoms with E-state index in [1.165, 1.54) is 0 Å². The lowest BCUT2D eigenvalue weighted by atomic mass is 9.83. The van der Waals surface area contributed by atoms with Gasteiger partial charge in [-0.2, -0.15) is 0 Å². The molecule has 0 aliphatic carbocycles. The smallest absolute Gasteiger partial charge is 0.264 e.